The summed E-state index contributed by atoms with van der Waals surface area (Å²) >= 11 is 0. The quantitative estimate of drug-likeness (QED) is 0.272. The molecule has 8 nitrogen and oxygen atoms in total. The number of nitrogens with zero attached hydrogens (tertiary/aromatic N) is 5. The van der Waals surface area contributed by atoms with E-state index in [2.05, 4.69) is 29.2 Å². The van der Waals surface area contributed by atoms with Crippen molar-refractivity contribution in [2.45, 2.75) is 53.7 Å². The van der Waals surface area contributed by atoms with Gasteiger partial charge in [-0.15, -0.1) is 0 Å². The van der Waals surface area contributed by atoms with Gasteiger partial charge in [-0.2, -0.15) is 5.10 Å². The van der Waals surface area contributed by atoms with Gasteiger partial charge in [0.05, 0.1) is 29.2 Å². The van der Waals surface area contributed by atoms with Gasteiger partial charge in [0.1, 0.15) is 18.2 Å². The molecule has 0 fully saturated rings. The molecule has 0 aliphatic heterocycles. The highest BCUT2D eigenvalue weighted by molar-refractivity contribution is 5.76. The third-order valence-corrected chi connectivity index (χ3v) is 6.88. The average Bonchev–Trinajstić information content (AvgIpc) is 3.50. The van der Waals surface area contributed by atoms with Crippen LogP contribution in [0.2, 0.25) is 0 Å². The maximum absolute atomic E-state index is 14.1. The van der Waals surface area contributed by atoms with Crippen molar-refractivity contribution >= 4 is 11.6 Å². The largest absolute Gasteiger partial charge is 0.485 e. The molecule has 3 aromatic heterocycles. The number of nitrogens with one attached hydrogen (secondary N) is 1. The van der Waals surface area contributed by atoms with Crippen LogP contribution in [0.15, 0.2) is 42.9 Å². The van der Waals surface area contributed by atoms with Crippen molar-refractivity contribution in [3.05, 3.63) is 71.3 Å². The number of amides is 1. The van der Waals surface area contributed by atoms with Crippen LogP contribution in [-0.2, 0) is 11.4 Å². The highest BCUT2D eigenvalue weighted by atomic mass is 19.1. The molecule has 3 heterocycles. The van der Waals surface area contributed by atoms with E-state index in [0.717, 1.165) is 42.1 Å². The van der Waals surface area contributed by atoms with Crippen LogP contribution in [0.4, 0.5) is 8.78 Å². The zero-order valence-electron chi connectivity index (χ0n) is 23.2. The van der Waals surface area contributed by atoms with E-state index >= 15 is 0 Å². The van der Waals surface area contributed by atoms with Gasteiger partial charge in [-0.3, -0.25) is 13.9 Å². The molecule has 1 aromatic carbocycles. The number of hydrogen-bond donors (Lipinski definition) is 1. The van der Waals surface area contributed by atoms with E-state index in [1.807, 2.05) is 37.6 Å². The zero-order chi connectivity index (χ0) is 28.1. The molecule has 39 heavy (non-hydrogen) atoms. The third kappa shape index (κ3) is 6.44. The molecular weight excluding hydrogens is 502 g/mol. The van der Waals surface area contributed by atoms with Crippen molar-refractivity contribution in [3.8, 4) is 17.0 Å². The summed E-state index contributed by atoms with van der Waals surface area (Å²) in [5.74, 6) is -0.897. The fourth-order valence-corrected chi connectivity index (χ4v) is 4.66. The summed E-state index contributed by atoms with van der Waals surface area (Å²) in [7, 11) is 0. The highest BCUT2D eigenvalue weighted by Crippen LogP contribution is 2.31. The molecule has 0 saturated heterocycles. The predicted molar refractivity (Wildman–Crippen MR) is 147 cm³/mol. The second-order valence-electron chi connectivity index (χ2n) is 9.75. The van der Waals surface area contributed by atoms with Gasteiger partial charge in [-0.1, -0.05) is 19.9 Å². The summed E-state index contributed by atoms with van der Waals surface area (Å²) in [5.41, 5.74) is 3.73. The van der Waals surface area contributed by atoms with Gasteiger partial charge < -0.3 is 15.0 Å². The molecular formula is C29H36F2N6O2. The maximum Gasteiger partial charge on any atom is 0.222 e. The summed E-state index contributed by atoms with van der Waals surface area (Å²) in [4.78, 5) is 19.4. The van der Waals surface area contributed by atoms with Gasteiger partial charge in [0.25, 0.3) is 0 Å². The predicted octanol–water partition coefficient (Wildman–Crippen LogP) is 5.08. The van der Waals surface area contributed by atoms with Crippen LogP contribution < -0.4 is 10.1 Å². The standard InChI is InChI=1S/C29H36F2N6O2/c1-6-35(7-2)12-11-32-27(38)14-20(4)37-17-22(15-33-37)28-21(5)34-29-26(13-19(3)16-36(28)29)39-18-23-24(30)9-8-10-25(23)31/h8-10,13,15-17,20H,6-7,11-12,14,18H2,1-5H3,(H,32,38). The number of imidazole rings is 1. The van der Waals surface area contributed by atoms with E-state index < -0.39 is 11.6 Å². The first-order valence-corrected chi connectivity index (χ1v) is 13.3. The summed E-state index contributed by atoms with van der Waals surface area (Å²) < 4.78 is 37.8. The van der Waals surface area contributed by atoms with Crippen LogP contribution in [0, 0.1) is 25.5 Å². The molecule has 1 N–H and O–H groups in total. The lowest BCUT2D eigenvalue weighted by Gasteiger charge is -2.18. The minimum absolute atomic E-state index is 0.0126. The molecule has 0 bridgehead atoms. The topological polar surface area (TPSA) is 76.7 Å². The Morgan fingerprint density at radius 3 is 2.56 bits per heavy atom. The smallest absolute Gasteiger partial charge is 0.222 e. The summed E-state index contributed by atoms with van der Waals surface area (Å²) in [5, 5.41) is 7.52. The number of hydrogen-bond acceptors (Lipinski definition) is 5. The Morgan fingerprint density at radius 1 is 1.15 bits per heavy atom. The Morgan fingerprint density at radius 2 is 1.87 bits per heavy atom. The van der Waals surface area contributed by atoms with Crippen LogP contribution in [0.1, 0.15) is 50.1 Å². The van der Waals surface area contributed by atoms with Gasteiger partial charge in [0.2, 0.25) is 5.91 Å². The highest BCUT2D eigenvalue weighted by Gasteiger charge is 2.19. The third-order valence-electron chi connectivity index (χ3n) is 6.88. The Balaban J connectivity index is 1.51. The Kier molecular flexibility index (Phi) is 8.96. The minimum atomic E-state index is -0.655. The molecule has 0 spiro atoms. The SMILES string of the molecule is CCN(CC)CCNC(=O)CC(C)n1cc(-c2c(C)nc3c(OCc4c(F)cccc4F)cc(C)cn23)cn1. The Hall–Kier alpha value is -3.79. The molecule has 0 aliphatic rings. The zero-order valence-corrected chi connectivity index (χ0v) is 23.2. The fraction of sp³-hybridized carbons (Fsp3) is 0.414. The number of aryl methyl sites for hydroxylation is 2. The monoisotopic (exact) mass is 538 g/mol. The molecule has 4 aromatic rings. The number of carbonyl (C=O) groups excluding carboxylic acids is 1. The van der Waals surface area contributed by atoms with Crippen molar-refractivity contribution in [2.75, 3.05) is 26.2 Å². The first-order valence-electron chi connectivity index (χ1n) is 13.3. The van der Waals surface area contributed by atoms with E-state index in [1.165, 1.54) is 18.2 Å². The second-order valence-corrected chi connectivity index (χ2v) is 9.75. The number of carbonyl (C=O) groups is 1. The van der Waals surface area contributed by atoms with E-state index in [1.54, 1.807) is 16.9 Å². The molecule has 1 amide bonds. The van der Waals surface area contributed by atoms with Crippen LogP contribution in [0.3, 0.4) is 0 Å². The number of likely N-dealkylation sites (N-methyl/N-ethyl adjacent to an activating group) is 1. The molecule has 0 aliphatic carbocycles. The van der Waals surface area contributed by atoms with E-state index in [4.69, 9.17) is 9.72 Å². The Bertz CT molecular complexity index is 1420. The first-order chi connectivity index (χ1) is 18.7. The second kappa shape index (κ2) is 12.4. The average molecular weight is 539 g/mol. The van der Waals surface area contributed by atoms with Crippen molar-refractivity contribution in [3.63, 3.8) is 0 Å². The van der Waals surface area contributed by atoms with Gasteiger partial charge in [0.15, 0.2) is 11.4 Å². The lowest BCUT2D eigenvalue weighted by molar-refractivity contribution is -0.121. The number of halogens is 2. The fourth-order valence-electron chi connectivity index (χ4n) is 4.66. The normalized spacial score (nSPS) is 12.3. The van der Waals surface area contributed by atoms with Crippen molar-refractivity contribution in [1.82, 2.24) is 29.4 Å². The number of rotatable bonds is 12. The van der Waals surface area contributed by atoms with E-state index in [-0.39, 0.29) is 24.1 Å². The first kappa shape index (κ1) is 28.2. The van der Waals surface area contributed by atoms with E-state index in [0.29, 0.717) is 24.4 Å². The lowest BCUT2D eigenvalue weighted by atomic mass is 10.2. The van der Waals surface area contributed by atoms with Crippen LogP contribution in [-0.4, -0.2) is 56.2 Å². The summed E-state index contributed by atoms with van der Waals surface area (Å²) in [6.45, 7) is 13.1. The maximum atomic E-state index is 14.1. The van der Waals surface area contributed by atoms with Crippen molar-refractivity contribution in [1.29, 1.82) is 0 Å². The molecule has 1 unspecified atom stereocenters. The molecule has 0 radical (unpaired) electrons. The minimum Gasteiger partial charge on any atom is -0.485 e. The summed E-state index contributed by atoms with van der Waals surface area (Å²) in [6, 6.07) is 5.40. The summed E-state index contributed by atoms with van der Waals surface area (Å²) in [6.07, 6.45) is 5.91. The molecule has 4 rings (SSSR count). The van der Waals surface area contributed by atoms with Crippen molar-refractivity contribution in [2.24, 2.45) is 0 Å². The number of ether oxygens (including phenoxy) is 1. The van der Waals surface area contributed by atoms with Crippen LogP contribution in [0.5, 0.6) is 5.75 Å². The van der Waals surface area contributed by atoms with Crippen molar-refractivity contribution < 1.29 is 18.3 Å². The number of fused-ring (bicyclic) bond motifs is 1. The number of aromatic nitrogens is 4. The Labute approximate surface area is 227 Å². The molecule has 0 saturated carbocycles. The lowest BCUT2D eigenvalue weighted by Crippen LogP contribution is -2.35. The van der Waals surface area contributed by atoms with Gasteiger partial charge in [-0.05, 0) is 57.6 Å². The number of benzene rings is 1. The van der Waals surface area contributed by atoms with Crippen LogP contribution in [0.25, 0.3) is 16.9 Å². The van der Waals surface area contributed by atoms with Gasteiger partial charge in [0, 0.05) is 37.5 Å². The molecule has 10 heteroatoms. The molecule has 1 atom stereocenters. The van der Waals surface area contributed by atoms with Gasteiger partial charge >= 0.3 is 0 Å². The van der Waals surface area contributed by atoms with Gasteiger partial charge in [-0.25, -0.2) is 13.8 Å². The van der Waals surface area contributed by atoms with Crippen LogP contribution >= 0.6 is 0 Å². The number of pyridine rings is 1. The van der Waals surface area contributed by atoms with E-state index in [9.17, 15) is 13.6 Å². The molecule has 208 valence electrons.